The average molecular weight is 707 g/mol. The van der Waals surface area contributed by atoms with Gasteiger partial charge in [0.15, 0.2) is 0 Å². The molecule has 0 heteroatoms. The SMILES string of the molecule is c1ccc(-c2cc(-c3cc(-c4ccccc4)ccc3-c3ccc4ccc5cccc6ccc3c4c56)cc(-c3ccc4ccc5cccc6ccc3c4c56)c2)cc1. The van der Waals surface area contributed by atoms with E-state index >= 15 is 0 Å². The molecule has 12 aromatic carbocycles. The molecule has 12 aromatic rings. The third-order valence-corrected chi connectivity index (χ3v) is 12.1. The molecule has 12 rings (SSSR count). The molecular weight excluding hydrogens is 673 g/mol. The van der Waals surface area contributed by atoms with Gasteiger partial charge in [-0.3, -0.25) is 0 Å². The zero-order valence-electron chi connectivity index (χ0n) is 30.6. The molecule has 258 valence electrons. The Balaban J connectivity index is 1.16. The fourth-order valence-corrected chi connectivity index (χ4v) is 9.52. The number of benzene rings is 12. The highest BCUT2D eigenvalue weighted by atomic mass is 14.2. The van der Waals surface area contributed by atoms with Crippen molar-refractivity contribution in [3.8, 4) is 55.6 Å². The van der Waals surface area contributed by atoms with Crippen LogP contribution in [0.1, 0.15) is 0 Å². The van der Waals surface area contributed by atoms with Gasteiger partial charge in [0, 0.05) is 0 Å². The predicted molar refractivity (Wildman–Crippen MR) is 241 cm³/mol. The van der Waals surface area contributed by atoms with Gasteiger partial charge in [-0.1, -0.05) is 182 Å². The molecule has 0 amide bonds. The van der Waals surface area contributed by atoms with E-state index in [-0.39, 0.29) is 0 Å². The van der Waals surface area contributed by atoms with Crippen LogP contribution in [0.2, 0.25) is 0 Å². The van der Waals surface area contributed by atoms with Crippen molar-refractivity contribution in [2.75, 3.05) is 0 Å². The zero-order valence-corrected chi connectivity index (χ0v) is 30.6. The zero-order chi connectivity index (χ0) is 36.7. The lowest BCUT2D eigenvalue weighted by molar-refractivity contribution is 1.56. The van der Waals surface area contributed by atoms with E-state index in [9.17, 15) is 0 Å². The highest BCUT2D eigenvalue weighted by Crippen LogP contribution is 2.46. The van der Waals surface area contributed by atoms with Crippen LogP contribution in [-0.2, 0) is 0 Å². The van der Waals surface area contributed by atoms with Crippen LogP contribution in [0.4, 0.5) is 0 Å². The molecule has 0 saturated carbocycles. The Bertz CT molecular complexity index is 3410. The summed E-state index contributed by atoms with van der Waals surface area (Å²) in [5.74, 6) is 0. The van der Waals surface area contributed by atoms with Crippen molar-refractivity contribution in [2.45, 2.75) is 0 Å². The quantitative estimate of drug-likeness (QED) is 0.156. The summed E-state index contributed by atoms with van der Waals surface area (Å²) in [5, 5.41) is 15.6. The summed E-state index contributed by atoms with van der Waals surface area (Å²) < 4.78 is 0. The summed E-state index contributed by atoms with van der Waals surface area (Å²) in [6.07, 6.45) is 0. The van der Waals surface area contributed by atoms with Crippen LogP contribution in [0.5, 0.6) is 0 Å². The average Bonchev–Trinajstić information content (AvgIpc) is 3.27. The minimum atomic E-state index is 1.20. The largest absolute Gasteiger partial charge is 0.0622 e. The predicted octanol–water partition coefficient (Wildman–Crippen LogP) is 15.8. The van der Waals surface area contributed by atoms with Gasteiger partial charge in [-0.05, 0) is 145 Å². The van der Waals surface area contributed by atoms with Crippen molar-refractivity contribution in [2.24, 2.45) is 0 Å². The smallest absolute Gasteiger partial charge is 0.00206 e. The van der Waals surface area contributed by atoms with E-state index in [4.69, 9.17) is 0 Å². The molecule has 0 aliphatic carbocycles. The molecule has 0 heterocycles. The molecule has 0 aromatic heterocycles. The normalized spacial score (nSPS) is 11.9. The van der Waals surface area contributed by atoms with E-state index in [1.807, 2.05) is 0 Å². The first kappa shape index (κ1) is 31.1. The molecule has 0 aliphatic rings. The third kappa shape index (κ3) is 4.73. The molecular formula is C56H34. The van der Waals surface area contributed by atoms with Crippen molar-refractivity contribution in [3.63, 3.8) is 0 Å². The van der Waals surface area contributed by atoms with Gasteiger partial charge in [0.25, 0.3) is 0 Å². The van der Waals surface area contributed by atoms with Crippen LogP contribution in [0.15, 0.2) is 206 Å². The summed E-state index contributed by atoms with van der Waals surface area (Å²) in [6.45, 7) is 0. The second-order valence-electron chi connectivity index (χ2n) is 15.2. The lowest BCUT2D eigenvalue weighted by atomic mass is 9.84. The van der Waals surface area contributed by atoms with Crippen molar-refractivity contribution in [1.82, 2.24) is 0 Å². The molecule has 0 saturated heterocycles. The lowest BCUT2D eigenvalue weighted by Crippen LogP contribution is -1.93. The van der Waals surface area contributed by atoms with Crippen LogP contribution in [0.25, 0.3) is 120 Å². The first-order chi connectivity index (χ1) is 27.7. The minimum Gasteiger partial charge on any atom is -0.0622 e. The Labute approximate surface area is 325 Å². The van der Waals surface area contributed by atoms with E-state index in [1.165, 1.54) is 120 Å². The Kier molecular flexibility index (Phi) is 6.73. The summed E-state index contributed by atoms with van der Waals surface area (Å²) >= 11 is 0. The Morgan fingerprint density at radius 3 is 1.16 bits per heavy atom. The Morgan fingerprint density at radius 1 is 0.179 bits per heavy atom. The van der Waals surface area contributed by atoms with Crippen LogP contribution in [-0.4, -0.2) is 0 Å². The van der Waals surface area contributed by atoms with Gasteiger partial charge in [0.1, 0.15) is 0 Å². The molecule has 56 heavy (non-hydrogen) atoms. The van der Waals surface area contributed by atoms with Crippen molar-refractivity contribution in [3.05, 3.63) is 206 Å². The number of hydrogen-bond acceptors (Lipinski definition) is 0. The van der Waals surface area contributed by atoms with Crippen molar-refractivity contribution < 1.29 is 0 Å². The molecule has 0 nitrogen and oxygen atoms in total. The molecule has 0 radical (unpaired) electrons. The maximum atomic E-state index is 2.43. The summed E-state index contributed by atoms with van der Waals surface area (Å²) in [7, 11) is 0. The van der Waals surface area contributed by atoms with Gasteiger partial charge < -0.3 is 0 Å². The first-order valence-electron chi connectivity index (χ1n) is 19.5. The summed E-state index contributed by atoms with van der Waals surface area (Å²) in [4.78, 5) is 0. The molecule has 0 N–H and O–H groups in total. The van der Waals surface area contributed by atoms with Crippen molar-refractivity contribution in [1.29, 1.82) is 0 Å². The maximum absolute atomic E-state index is 2.43. The van der Waals surface area contributed by atoms with Gasteiger partial charge in [0.05, 0.1) is 0 Å². The minimum absolute atomic E-state index is 1.20. The van der Waals surface area contributed by atoms with Gasteiger partial charge in [-0.2, -0.15) is 0 Å². The van der Waals surface area contributed by atoms with Gasteiger partial charge >= 0.3 is 0 Å². The van der Waals surface area contributed by atoms with E-state index in [1.54, 1.807) is 0 Å². The van der Waals surface area contributed by atoms with E-state index in [0.717, 1.165) is 0 Å². The maximum Gasteiger partial charge on any atom is -0.00206 e. The van der Waals surface area contributed by atoms with Gasteiger partial charge in [-0.15, -0.1) is 0 Å². The highest BCUT2D eigenvalue weighted by molar-refractivity contribution is 6.27. The topological polar surface area (TPSA) is 0 Å². The van der Waals surface area contributed by atoms with Gasteiger partial charge in [0.2, 0.25) is 0 Å². The fourth-order valence-electron chi connectivity index (χ4n) is 9.52. The third-order valence-electron chi connectivity index (χ3n) is 12.1. The monoisotopic (exact) mass is 706 g/mol. The summed E-state index contributed by atoms with van der Waals surface area (Å²) in [6, 6.07) is 76.9. The van der Waals surface area contributed by atoms with Crippen LogP contribution < -0.4 is 0 Å². The number of rotatable bonds is 5. The van der Waals surface area contributed by atoms with E-state index in [2.05, 4.69) is 206 Å². The number of hydrogen-bond donors (Lipinski definition) is 0. The van der Waals surface area contributed by atoms with E-state index in [0.29, 0.717) is 0 Å². The van der Waals surface area contributed by atoms with Crippen molar-refractivity contribution >= 4 is 64.6 Å². The summed E-state index contributed by atoms with van der Waals surface area (Å²) in [5.41, 5.74) is 12.2. The molecule has 0 fully saturated rings. The molecule has 0 atom stereocenters. The molecule has 0 bridgehead atoms. The van der Waals surface area contributed by atoms with Gasteiger partial charge in [-0.25, -0.2) is 0 Å². The Hall–Kier alpha value is -7.28. The second kappa shape index (κ2) is 12.1. The second-order valence-corrected chi connectivity index (χ2v) is 15.2. The Morgan fingerprint density at radius 2 is 0.589 bits per heavy atom. The molecule has 0 unspecified atom stereocenters. The fraction of sp³-hybridized carbons (Fsp3) is 0. The van der Waals surface area contributed by atoms with Crippen LogP contribution in [0, 0.1) is 0 Å². The molecule has 0 aliphatic heterocycles. The van der Waals surface area contributed by atoms with E-state index < -0.39 is 0 Å². The standard InChI is InChI=1S/C56H34/c1-3-9-35(10-4-1)43-25-28-49(48-27-22-42-20-18-38-14-8-16-40-24-30-51(48)56(42)54(38)40)52(34-43)46-32-44(36-11-5-2-6-12-36)31-45(33-46)47-26-21-41-19-17-37-13-7-15-39-23-29-50(47)55(41)53(37)39/h1-34H. The highest BCUT2D eigenvalue weighted by Gasteiger charge is 2.19. The van der Waals surface area contributed by atoms with Crippen LogP contribution in [0.3, 0.4) is 0 Å². The first-order valence-corrected chi connectivity index (χ1v) is 19.5. The lowest BCUT2D eigenvalue weighted by Gasteiger charge is -2.19. The molecule has 0 spiro atoms. The van der Waals surface area contributed by atoms with Crippen LogP contribution >= 0.6 is 0 Å².